The summed E-state index contributed by atoms with van der Waals surface area (Å²) in [5, 5.41) is 22.9. The second-order valence-corrected chi connectivity index (χ2v) is 14.4. The van der Waals surface area contributed by atoms with E-state index in [0.717, 1.165) is 38.5 Å². The molecule has 0 aromatic heterocycles. The van der Waals surface area contributed by atoms with Gasteiger partial charge in [0, 0.05) is 6.42 Å². The highest BCUT2D eigenvalue weighted by Gasteiger charge is 2.17. The molecule has 4 nitrogen and oxygen atoms in total. The van der Waals surface area contributed by atoms with Crippen LogP contribution in [0.3, 0.4) is 0 Å². The Labute approximate surface area is 300 Å². The quantitative estimate of drug-likeness (QED) is 0.0451. The summed E-state index contributed by atoms with van der Waals surface area (Å²) in [6, 6.07) is -0.641. The number of unbranched alkanes of at least 4 members (excludes halogenated alkanes) is 27. The van der Waals surface area contributed by atoms with Crippen molar-refractivity contribution in [3.8, 4) is 0 Å². The Hall–Kier alpha value is -1.39. The molecule has 0 rings (SSSR count). The molecule has 0 aliphatic rings. The van der Waals surface area contributed by atoms with Gasteiger partial charge in [0.25, 0.3) is 0 Å². The average Bonchev–Trinajstić information content (AvgIpc) is 3.09. The fourth-order valence-corrected chi connectivity index (χ4v) is 6.33. The lowest BCUT2D eigenvalue weighted by Crippen LogP contribution is -2.45. The molecule has 48 heavy (non-hydrogen) atoms. The van der Waals surface area contributed by atoms with Crippen LogP contribution in [0.1, 0.15) is 219 Å². The average molecular weight is 674 g/mol. The smallest absolute Gasteiger partial charge is 0.220 e. The van der Waals surface area contributed by atoms with Crippen LogP contribution < -0.4 is 5.32 Å². The predicted molar refractivity (Wildman–Crippen MR) is 212 cm³/mol. The molecule has 0 fully saturated rings. The zero-order valence-electron chi connectivity index (χ0n) is 32.3. The SMILES string of the molecule is CCCCCCCCCCCCCC/C=C/CC/C=C/CC/C=C/C(O)C(CO)NC(=O)CCCCCCCCCCCCCCCC. The van der Waals surface area contributed by atoms with Crippen LogP contribution in [-0.2, 0) is 4.79 Å². The van der Waals surface area contributed by atoms with Crippen molar-refractivity contribution in [1.29, 1.82) is 0 Å². The van der Waals surface area contributed by atoms with Gasteiger partial charge in [-0.05, 0) is 44.9 Å². The molecule has 0 saturated heterocycles. The first-order chi connectivity index (χ1) is 23.7. The van der Waals surface area contributed by atoms with E-state index in [-0.39, 0.29) is 12.5 Å². The van der Waals surface area contributed by atoms with Crippen LogP contribution in [-0.4, -0.2) is 34.9 Å². The number of carbonyl (C=O) groups is 1. The highest BCUT2D eigenvalue weighted by molar-refractivity contribution is 5.76. The van der Waals surface area contributed by atoms with Crippen LogP contribution in [0, 0.1) is 0 Å². The Morgan fingerprint density at radius 3 is 1.21 bits per heavy atom. The molecule has 4 heteroatoms. The van der Waals surface area contributed by atoms with Crippen molar-refractivity contribution in [2.75, 3.05) is 6.61 Å². The third kappa shape index (κ3) is 35.9. The van der Waals surface area contributed by atoms with Gasteiger partial charge in [0.1, 0.15) is 0 Å². The van der Waals surface area contributed by atoms with E-state index in [1.54, 1.807) is 6.08 Å². The van der Waals surface area contributed by atoms with Crippen molar-refractivity contribution in [2.45, 2.75) is 231 Å². The lowest BCUT2D eigenvalue weighted by atomic mass is 10.0. The zero-order valence-corrected chi connectivity index (χ0v) is 32.3. The Morgan fingerprint density at radius 1 is 0.479 bits per heavy atom. The number of hydrogen-bond acceptors (Lipinski definition) is 3. The van der Waals surface area contributed by atoms with Crippen molar-refractivity contribution in [2.24, 2.45) is 0 Å². The highest BCUT2D eigenvalue weighted by atomic mass is 16.3. The Kier molecular flexibility index (Phi) is 38.9. The molecular weight excluding hydrogens is 590 g/mol. The largest absolute Gasteiger partial charge is 0.394 e. The summed E-state index contributed by atoms with van der Waals surface area (Å²) in [6.45, 7) is 4.29. The number of carbonyl (C=O) groups excluding carboxylic acids is 1. The number of aliphatic hydroxyl groups is 2. The maximum atomic E-state index is 12.3. The van der Waals surface area contributed by atoms with Crippen LogP contribution in [0.2, 0.25) is 0 Å². The summed E-state index contributed by atoms with van der Waals surface area (Å²) in [5.74, 6) is -0.0773. The van der Waals surface area contributed by atoms with E-state index in [1.165, 1.54) is 161 Å². The van der Waals surface area contributed by atoms with E-state index in [1.807, 2.05) is 6.08 Å². The molecule has 0 saturated carbocycles. The summed E-state index contributed by atoms with van der Waals surface area (Å²) in [7, 11) is 0. The molecule has 0 aromatic carbocycles. The molecule has 0 aliphatic carbocycles. The first-order valence-corrected chi connectivity index (χ1v) is 21.2. The zero-order chi connectivity index (χ0) is 35.0. The monoisotopic (exact) mass is 674 g/mol. The highest BCUT2D eigenvalue weighted by Crippen LogP contribution is 2.15. The maximum Gasteiger partial charge on any atom is 0.220 e. The number of amides is 1. The van der Waals surface area contributed by atoms with Crippen LogP contribution in [0.4, 0.5) is 0 Å². The molecule has 0 aliphatic heterocycles. The summed E-state index contributed by atoms with van der Waals surface area (Å²) >= 11 is 0. The van der Waals surface area contributed by atoms with E-state index in [4.69, 9.17) is 0 Å². The van der Waals surface area contributed by atoms with E-state index in [9.17, 15) is 15.0 Å². The minimum Gasteiger partial charge on any atom is -0.394 e. The fraction of sp³-hybridized carbons (Fsp3) is 0.841. The van der Waals surface area contributed by atoms with Gasteiger partial charge in [-0.1, -0.05) is 204 Å². The van der Waals surface area contributed by atoms with Crippen LogP contribution in [0.5, 0.6) is 0 Å². The van der Waals surface area contributed by atoms with Gasteiger partial charge < -0.3 is 15.5 Å². The summed E-state index contributed by atoms with van der Waals surface area (Å²) < 4.78 is 0. The van der Waals surface area contributed by atoms with Crippen molar-refractivity contribution >= 4 is 5.91 Å². The standard InChI is InChI=1S/C44H83NO3/c1-3-5-7-9-11-13-15-17-19-20-21-22-23-24-25-26-27-29-31-33-35-37-39-43(47)42(41-46)45-44(48)40-38-36-34-32-30-28-18-16-14-12-10-8-6-4-2/h24-25,29,31,37,39,42-43,46-47H,3-23,26-28,30,32-36,38,40-41H2,1-2H3,(H,45,48)/b25-24+,31-29+,39-37+. The van der Waals surface area contributed by atoms with Crippen molar-refractivity contribution < 1.29 is 15.0 Å². The Morgan fingerprint density at radius 2 is 0.812 bits per heavy atom. The molecule has 0 bridgehead atoms. The minimum absolute atomic E-state index is 0.0773. The van der Waals surface area contributed by atoms with Gasteiger partial charge in [0.05, 0.1) is 18.8 Å². The minimum atomic E-state index is -0.866. The van der Waals surface area contributed by atoms with Gasteiger partial charge in [0.2, 0.25) is 5.91 Å². The number of nitrogens with one attached hydrogen (secondary N) is 1. The summed E-state index contributed by atoms with van der Waals surface area (Å²) in [5.41, 5.74) is 0. The normalized spacial score (nSPS) is 13.3. The Bertz CT molecular complexity index is 731. The molecule has 2 unspecified atom stereocenters. The molecule has 0 heterocycles. The molecule has 282 valence electrons. The second-order valence-electron chi connectivity index (χ2n) is 14.4. The first kappa shape index (κ1) is 46.6. The van der Waals surface area contributed by atoms with E-state index in [2.05, 4.69) is 43.5 Å². The lowest BCUT2D eigenvalue weighted by molar-refractivity contribution is -0.123. The number of hydrogen-bond donors (Lipinski definition) is 3. The third-order valence-electron chi connectivity index (χ3n) is 9.60. The number of allylic oxidation sites excluding steroid dienone is 5. The topological polar surface area (TPSA) is 69.6 Å². The number of aliphatic hydroxyl groups excluding tert-OH is 2. The number of rotatable bonds is 38. The molecule has 3 N–H and O–H groups in total. The Balaban J connectivity index is 3.64. The molecular formula is C44H83NO3. The van der Waals surface area contributed by atoms with Gasteiger partial charge in [0.15, 0.2) is 0 Å². The van der Waals surface area contributed by atoms with Crippen molar-refractivity contribution in [3.05, 3.63) is 36.5 Å². The first-order valence-electron chi connectivity index (χ1n) is 21.2. The van der Waals surface area contributed by atoms with Crippen LogP contribution >= 0.6 is 0 Å². The summed E-state index contributed by atoms with van der Waals surface area (Å²) in [4.78, 5) is 12.3. The van der Waals surface area contributed by atoms with Gasteiger partial charge >= 0.3 is 0 Å². The third-order valence-corrected chi connectivity index (χ3v) is 9.60. The maximum absolute atomic E-state index is 12.3. The van der Waals surface area contributed by atoms with E-state index >= 15 is 0 Å². The molecule has 0 radical (unpaired) electrons. The lowest BCUT2D eigenvalue weighted by Gasteiger charge is -2.19. The van der Waals surface area contributed by atoms with Crippen molar-refractivity contribution in [1.82, 2.24) is 5.32 Å². The summed E-state index contributed by atoms with van der Waals surface area (Å²) in [6.07, 6.45) is 52.5. The fourth-order valence-electron chi connectivity index (χ4n) is 6.33. The molecule has 0 aromatic rings. The van der Waals surface area contributed by atoms with E-state index in [0.29, 0.717) is 6.42 Å². The molecule has 2 atom stereocenters. The molecule has 0 spiro atoms. The van der Waals surface area contributed by atoms with Gasteiger partial charge in [-0.3, -0.25) is 4.79 Å². The van der Waals surface area contributed by atoms with Crippen molar-refractivity contribution in [3.63, 3.8) is 0 Å². The van der Waals surface area contributed by atoms with Gasteiger partial charge in [-0.15, -0.1) is 0 Å². The predicted octanol–water partition coefficient (Wildman–Crippen LogP) is 13.0. The van der Waals surface area contributed by atoms with E-state index < -0.39 is 12.1 Å². The second kappa shape index (κ2) is 40.0. The van der Waals surface area contributed by atoms with Crippen LogP contribution in [0.25, 0.3) is 0 Å². The van der Waals surface area contributed by atoms with Gasteiger partial charge in [-0.25, -0.2) is 0 Å². The van der Waals surface area contributed by atoms with Gasteiger partial charge in [-0.2, -0.15) is 0 Å². The van der Waals surface area contributed by atoms with Crippen LogP contribution in [0.15, 0.2) is 36.5 Å². The molecule has 1 amide bonds.